The van der Waals surface area contributed by atoms with E-state index in [1.54, 1.807) is 4.98 Å². The number of aromatic nitrogens is 2. The Balaban J connectivity index is 2.66. The van der Waals surface area contributed by atoms with Crippen LogP contribution >= 0.6 is 7.82 Å². The molecule has 0 aromatic carbocycles. The van der Waals surface area contributed by atoms with Crippen molar-refractivity contribution in [1.82, 2.24) is 9.55 Å². The van der Waals surface area contributed by atoms with Crippen LogP contribution in [-0.4, -0.2) is 76.6 Å². The highest BCUT2D eigenvalue weighted by Crippen LogP contribution is 2.40. The lowest BCUT2D eigenvalue weighted by Crippen LogP contribution is -2.58. The molecule has 4 atom stereocenters. The van der Waals surface area contributed by atoms with E-state index in [1.165, 1.54) is 0 Å². The Hall–Kier alpha value is -2.39. The zero-order valence-electron chi connectivity index (χ0n) is 13.0. The highest BCUT2D eigenvalue weighted by molar-refractivity contribution is 7.46. The number of carboxylic acids is 2. The van der Waals surface area contributed by atoms with E-state index >= 15 is 0 Å². The van der Waals surface area contributed by atoms with Gasteiger partial charge in [0.1, 0.15) is 24.0 Å². The largest absolute Gasteiger partial charge is 0.478 e. The van der Waals surface area contributed by atoms with Gasteiger partial charge in [-0.25, -0.2) is 23.5 Å². The summed E-state index contributed by atoms with van der Waals surface area (Å²) in [4.78, 5) is 65.5. The van der Waals surface area contributed by atoms with Gasteiger partial charge in [0.05, 0.1) is 6.61 Å². The zero-order valence-corrected chi connectivity index (χ0v) is 13.8. The third-order valence-electron chi connectivity index (χ3n) is 3.64. The van der Waals surface area contributed by atoms with Gasteiger partial charge in [-0.1, -0.05) is 0 Å². The van der Waals surface area contributed by atoms with Gasteiger partial charge in [0.25, 0.3) is 11.3 Å². The van der Waals surface area contributed by atoms with E-state index in [4.69, 9.17) is 19.6 Å². The number of aromatic carboxylic acids is 1. The molecule has 1 aliphatic heterocycles. The second-order valence-corrected chi connectivity index (χ2v) is 6.58. The Kier molecular flexibility index (Phi) is 5.40. The number of aliphatic carboxylic acids is 1. The van der Waals surface area contributed by atoms with Gasteiger partial charge in [-0.2, -0.15) is 0 Å². The van der Waals surface area contributed by atoms with E-state index in [0.29, 0.717) is 6.07 Å². The number of nitrogens with one attached hydrogen (secondary N) is 1. The molecule has 7 N–H and O–H groups in total. The van der Waals surface area contributed by atoms with Crippen LogP contribution in [0.3, 0.4) is 0 Å². The van der Waals surface area contributed by atoms with Crippen molar-refractivity contribution in [3.05, 3.63) is 32.6 Å². The standard InChI is InChI=1S/C11H13N2O13P/c14-5-1-3(8(17)18)13(10(21)12-5)11(9(19)20)7(16)6(15)4(26-11)2-25-27(22,23)24/h1,4,6-7,15-16H,2H2,(H,17,18)(H,19,20)(H,12,14,21)(H2,22,23,24)/t4-,6-,7-,11+/m1/s1. The molecular formula is C11H13N2O13P. The van der Waals surface area contributed by atoms with Crippen molar-refractivity contribution in [1.29, 1.82) is 0 Å². The summed E-state index contributed by atoms with van der Waals surface area (Å²) in [6.07, 6.45) is -6.53. The predicted molar refractivity (Wildman–Crippen MR) is 78.8 cm³/mol. The average Bonchev–Trinajstić information content (AvgIpc) is 2.77. The zero-order chi connectivity index (χ0) is 20.7. The van der Waals surface area contributed by atoms with E-state index in [1.807, 2.05) is 0 Å². The molecule has 16 heteroatoms. The number of rotatable bonds is 6. The summed E-state index contributed by atoms with van der Waals surface area (Å²) in [6, 6.07) is 0.344. The third-order valence-corrected chi connectivity index (χ3v) is 4.13. The summed E-state index contributed by atoms with van der Waals surface area (Å²) in [7, 11) is -5.07. The number of hydrogen-bond acceptors (Lipinski definition) is 9. The van der Waals surface area contributed by atoms with Crippen molar-refractivity contribution in [2.45, 2.75) is 24.0 Å². The number of phosphoric ester groups is 1. The van der Waals surface area contributed by atoms with Crippen LogP contribution in [-0.2, 0) is 24.3 Å². The molecule has 0 saturated carbocycles. The molecule has 2 heterocycles. The minimum atomic E-state index is -5.07. The smallest absolute Gasteiger partial charge is 0.469 e. The number of H-pyrrole nitrogens is 1. The molecule has 1 aromatic heterocycles. The monoisotopic (exact) mass is 412 g/mol. The van der Waals surface area contributed by atoms with E-state index in [0.717, 1.165) is 0 Å². The summed E-state index contributed by atoms with van der Waals surface area (Å²) in [6.45, 7) is -1.11. The SMILES string of the molecule is O=C(O)c1cc(=O)[nH]c(=O)n1[C@]1(C(=O)O)O[C@H](COP(=O)(O)O)[C@@H](O)[C@H]1O. The van der Waals surface area contributed by atoms with Crippen LogP contribution < -0.4 is 11.2 Å². The fourth-order valence-electron chi connectivity index (χ4n) is 2.55. The Labute approximate surface area is 147 Å². The van der Waals surface area contributed by atoms with Crippen molar-refractivity contribution >= 4 is 19.8 Å². The van der Waals surface area contributed by atoms with Gasteiger partial charge in [-0.05, 0) is 0 Å². The second kappa shape index (κ2) is 6.97. The Morgan fingerprint density at radius 1 is 1.30 bits per heavy atom. The van der Waals surface area contributed by atoms with Crippen molar-refractivity contribution in [3.8, 4) is 0 Å². The molecule has 27 heavy (non-hydrogen) atoms. The van der Waals surface area contributed by atoms with E-state index in [9.17, 15) is 39.1 Å². The highest BCUT2D eigenvalue weighted by Gasteiger charge is 2.62. The molecule has 0 bridgehead atoms. The van der Waals surface area contributed by atoms with Crippen molar-refractivity contribution < 1.29 is 53.6 Å². The topological polar surface area (TPSA) is 246 Å². The van der Waals surface area contributed by atoms with Crippen LogP contribution in [0.4, 0.5) is 0 Å². The molecule has 0 unspecified atom stereocenters. The first-order chi connectivity index (χ1) is 12.3. The maximum atomic E-state index is 12.1. The molecule has 150 valence electrons. The lowest BCUT2D eigenvalue weighted by Gasteiger charge is -2.30. The van der Waals surface area contributed by atoms with Crippen LogP contribution in [0.15, 0.2) is 15.7 Å². The van der Waals surface area contributed by atoms with Crippen LogP contribution in [0, 0.1) is 0 Å². The second-order valence-electron chi connectivity index (χ2n) is 5.34. The van der Waals surface area contributed by atoms with Crippen LogP contribution in [0.2, 0.25) is 0 Å². The van der Waals surface area contributed by atoms with Crippen molar-refractivity contribution in [3.63, 3.8) is 0 Å². The molecule has 1 aromatic rings. The minimum absolute atomic E-state index is 0.107. The normalized spacial score (nSPS) is 28.2. The lowest BCUT2D eigenvalue weighted by molar-refractivity contribution is -0.196. The van der Waals surface area contributed by atoms with Gasteiger partial charge in [0.15, 0.2) is 0 Å². The van der Waals surface area contributed by atoms with E-state index in [2.05, 4.69) is 4.52 Å². The van der Waals surface area contributed by atoms with Gasteiger partial charge in [-0.15, -0.1) is 0 Å². The Bertz CT molecular complexity index is 931. The van der Waals surface area contributed by atoms with Gasteiger partial charge < -0.3 is 34.9 Å². The van der Waals surface area contributed by atoms with Crippen molar-refractivity contribution in [2.75, 3.05) is 6.61 Å². The average molecular weight is 412 g/mol. The predicted octanol–water partition coefficient (Wildman–Crippen LogP) is -3.80. The number of ether oxygens (including phenoxy) is 1. The Morgan fingerprint density at radius 2 is 1.89 bits per heavy atom. The Morgan fingerprint density at radius 3 is 2.37 bits per heavy atom. The lowest BCUT2D eigenvalue weighted by atomic mass is 10.0. The number of nitrogens with zero attached hydrogens (tertiary/aromatic N) is 1. The molecule has 0 spiro atoms. The molecular weight excluding hydrogens is 399 g/mol. The minimum Gasteiger partial charge on any atom is -0.478 e. The molecule has 0 aliphatic carbocycles. The highest BCUT2D eigenvalue weighted by atomic mass is 31.2. The molecule has 0 radical (unpaired) electrons. The van der Waals surface area contributed by atoms with Crippen LogP contribution in [0.5, 0.6) is 0 Å². The maximum absolute atomic E-state index is 12.1. The van der Waals surface area contributed by atoms with E-state index < -0.39 is 67.3 Å². The van der Waals surface area contributed by atoms with Gasteiger partial charge >= 0.3 is 25.5 Å². The number of phosphoric acid groups is 1. The summed E-state index contributed by atoms with van der Waals surface area (Å²) in [5.41, 5.74) is -7.21. The summed E-state index contributed by atoms with van der Waals surface area (Å²) in [5, 5.41) is 38.8. The fraction of sp³-hybridized carbons (Fsp3) is 0.455. The maximum Gasteiger partial charge on any atom is 0.469 e. The molecule has 1 saturated heterocycles. The number of carboxylic acid groups (broad SMARTS) is 2. The molecule has 2 rings (SSSR count). The molecule has 1 fully saturated rings. The summed E-state index contributed by atoms with van der Waals surface area (Å²) >= 11 is 0. The summed E-state index contributed by atoms with van der Waals surface area (Å²) < 4.78 is 19.7. The third kappa shape index (κ3) is 3.70. The number of hydrogen-bond donors (Lipinski definition) is 7. The first-order valence-electron chi connectivity index (χ1n) is 6.89. The summed E-state index contributed by atoms with van der Waals surface area (Å²) in [5.74, 6) is -4.07. The van der Waals surface area contributed by atoms with Crippen LogP contribution in [0.25, 0.3) is 0 Å². The quantitative estimate of drug-likeness (QED) is 0.222. The number of carbonyl (C=O) groups is 2. The first kappa shape index (κ1) is 20.9. The van der Waals surface area contributed by atoms with E-state index in [-0.39, 0.29) is 4.57 Å². The number of aromatic amines is 1. The van der Waals surface area contributed by atoms with Gasteiger partial charge in [-0.3, -0.25) is 14.3 Å². The van der Waals surface area contributed by atoms with Crippen LogP contribution in [0.1, 0.15) is 10.5 Å². The molecule has 0 amide bonds. The number of aliphatic hydroxyl groups excluding tert-OH is 2. The van der Waals surface area contributed by atoms with Gasteiger partial charge in [0, 0.05) is 6.07 Å². The molecule has 1 aliphatic rings. The van der Waals surface area contributed by atoms with Crippen molar-refractivity contribution in [2.24, 2.45) is 0 Å². The molecule has 15 nitrogen and oxygen atoms in total. The van der Waals surface area contributed by atoms with Gasteiger partial charge in [0.2, 0.25) is 0 Å². The fourth-order valence-corrected chi connectivity index (χ4v) is 2.89. The number of aliphatic hydroxyl groups is 2. The first-order valence-corrected chi connectivity index (χ1v) is 8.42.